The molecule has 5 rings (SSSR count). The van der Waals surface area contributed by atoms with Gasteiger partial charge in [-0.25, -0.2) is 5.01 Å². The minimum Gasteiger partial charge on any atom is -0.466 e. The highest BCUT2D eigenvalue weighted by Gasteiger charge is 2.50. The first-order chi connectivity index (χ1) is 11.4. The van der Waals surface area contributed by atoms with Crippen molar-refractivity contribution in [2.75, 3.05) is 0 Å². The lowest BCUT2D eigenvalue weighted by Crippen LogP contribution is -2.54. The van der Waals surface area contributed by atoms with Crippen LogP contribution in [-0.4, -0.2) is 16.4 Å². The molecule has 0 amide bonds. The van der Waals surface area contributed by atoms with Crippen molar-refractivity contribution in [3.8, 4) is 5.75 Å². The number of hydrazone groups is 1. The smallest absolute Gasteiger partial charge is 0.198 e. The van der Waals surface area contributed by atoms with Crippen LogP contribution in [-0.2, 0) is 0 Å². The zero-order valence-electron chi connectivity index (χ0n) is 13.1. The molecule has 1 saturated carbocycles. The molecule has 0 unspecified atom stereocenters. The molecule has 1 atom stereocenters. The van der Waals surface area contributed by atoms with Crippen LogP contribution in [0.25, 0.3) is 0 Å². The zero-order valence-corrected chi connectivity index (χ0v) is 13.9. The molecule has 0 radical (unpaired) electrons. The van der Waals surface area contributed by atoms with Gasteiger partial charge in [0.05, 0.1) is 16.6 Å². The Labute approximate surface area is 140 Å². The van der Waals surface area contributed by atoms with Gasteiger partial charge in [0.2, 0.25) is 0 Å². The Morgan fingerprint density at radius 3 is 2.78 bits per heavy atom. The fourth-order valence-electron chi connectivity index (χ4n) is 4.26. The Bertz CT molecular complexity index is 746. The third-order valence-electron chi connectivity index (χ3n) is 5.35. The average molecular weight is 324 g/mol. The van der Waals surface area contributed by atoms with E-state index in [0.29, 0.717) is 6.04 Å². The van der Waals surface area contributed by atoms with Crippen molar-refractivity contribution >= 4 is 17.0 Å². The normalized spacial score (nSPS) is 24.8. The third-order valence-corrected chi connectivity index (χ3v) is 6.27. The predicted octanol–water partition coefficient (Wildman–Crippen LogP) is 4.95. The van der Waals surface area contributed by atoms with Gasteiger partial charge in [-0.3, -0.25) is 0 Å². The molecule has 1 aromatic heterocycles. The monoisotopic (exact) mass is 324 g/mol. The molecule has 0 bridgehead atoms. The van der Waals surface area contributed by atoms with E-state index in [4.69, 9.17) is 9.84 Å². The van der Waals surface area contributed by atoms with E-state index in [1.807, 2.05) is 0 Å². The number of thiophene rings is 1. The Hall–Kier alpha value is -1.81. The SMILES string of the molecule is c1csc(C2=NN3[C@H](C2)c2ccccc2OC32CCCCC2)c1. The number of ether oxygens (including phenoxy) is 1. The molecule has 3 aliphatic rings. The summed E-state index contributed by atoms with van der Waals surface area (Å²) in [5.74, 6) is 1.07. The number of hydrogen-bond donors (Lipinski definition) is 0. The molecular formula is C19H20N2OS. The first-order valence-corrected chi connectivity index (χ1v) is 9.42. The Morgan fingerprint density at radius 1 is 1.09 bits per heavy atom. The van der Waals surface area contributed by atoms with E-state index in [2.05, 4.69) is 46.8 Å². The molecule has 2 aromatic rings. The number of para-hydroxylation sites is 1. The second kappa shape index (κ2) is 5.10. The summed E-state index contributed by atoms with van der Waals surface area (Å²) in [5.41, 5.74) is 2.28. The standard InChI is InChI=1S/C19H20N2OS/c1-4-10-19(11-5-1)21-16(14-7-2-3-8-17(14)22-19)13-15(20-21)18-9-6-12-23-18/h2-3,6-9,12,16H,1,4-5,10-11,13H2/t16-/m1/s1. The molecule has 1 aliphatic carbocycles. The van der Waals surface area contributed by atoms with Crippen LogP contribution >= 0.6 is 11.3 Å². The topological polar surface area (TPSA) is 24.8 Å². The van der Waals surface area contributed by atoms with Crippen LogP contribution in [0.2, 0.25) is 0 Å². The van der Waals surface area contributed by atoms with Gasteiger partial charge >= 0.3 is 0 Å². The summed E-state index contributed by atoms with van der Waals surface area (Å²) in [4.78, 5) is 1.29. The summed E-state index contributed by atoms with van der Waals surface area (Å²) in [6.07, 6.45) is 6.93. The lowest BCUT2D eigenvalue weighted by atomic mass is 9.87. The summed E-state index contributed by atoms with van der Waals surface area (Å²) in [5, 5.41) is 9.51. The molecule has 1 spiro atoms. The highest BCUT2D eigenvalue weighted by molar-refractivity contribution is 7.12. The maximum atomic E-state index is 6.56. The summed E-state index contributed by atoms with van der Waals surface area (Å²) in [6.45, 7) is 0. The van der Waals surface area contributed by atoms with Gasteiger partial charge in [0.15, 0.2) is 5.72 Å². The zero-order chi connectivity index (χ0) is 15.3. The van der Waals surface area contributed by atoms with Gasteiger partial charge < -0.3 is 4.74 Å². The van der Waals surface area contributed by atoms with Crippen LogP contribution in [0, 0.1) is 0 Å². The Morgan fingerprint density at radius 2 is 1.96 bits per heavy atom. The molecule has 4 heteroatoms. The van der Waals surface area contributed by atoms with Crippen LogP contribution in [0.1, 0.15) is 55.0 Å². The van der Waals surface area contributed by atoms with E-state index in [1.165, 1.54) is 35.4 Å². The first kappa shape index (κ1) is 13.6. The average Bonchev–Trinajstić information content (AvgIpc) is 3.26. The predicted molar refractivity (Wildman–Crippen MR) is 92.9 cm³/mol. The minimum absolute atomic E-state index is 0.226. The Balaban J connectivity index is 1.61. The van der Waals surface area contributed by atoms with Crippen molar-refractivity contribution < 1.29 is 4.74 Å². The quantitative estimate of drug-likeness (QED) is 0.741. The van der Waals surface area contributed by atoms with Crippen LogP contribution in [0.4, 0.5) is 0 Å². The van der Waals surface area contributed by atoms with Gasteiger partial charge in [0.1, 0.15) is 5.75 Å². The van der Waals surface area contributed by atoms with Crippen molar-refractivity contribution in [2.45, 2.75) is 50.3 Å². The van der Waals surface area contributed by atoms with Crippen molar-refractivity contribution in [3.05, 3.63) is 52.2 Å². The molecule has 118 valence electrons. The van der Waals surface area contributed by atoms with Crippen LogP contribution in [0.5, 0.6) is 5.75 Å². The van der Waals surface area contributed by atoms with Crippen molar-refractivity contribution in [1.82, 2.24) is 5.01 Å². The van der Waals surface area contributed by atoms with E-state index in [1.54, 1.807) is 11.3 Å². The maximum Gasteiger partial charge on any atom is 0.198 e. The van der Waals surface area contributed by atoms with Crippen LogP contribution in [0.3, 0.4) is 0 Å². The van der Waals surface area contributed by atoms with Gasteiger partial charge in [-0.05, 0) is 30.4 Å². The van der Waals surface area contributed by atoms with E-state index in [-0.39, 0.29) is 5.72 Å². The lowest BCUT2D eigenvalue weighted by Gasteiger charge is -2.49. The molecule has 0 N–H and O–H groups in total. The summed E-state index contributed by atoms with van der Waals surface area (Å²) in [7, 11) is 0. The number of benzene rings is 1. The van der Waals surface area contributed by atoms with E-state index >= 15 is 0 Å². The van der Waals surface area contributed by atoms with Gasteiger partial charge in [-0.15, -0.1) is 11.3 Å². The second-order valence-corrected chi connectivity index (χ2v) is 7.68. The van der Waals surface area contributed by atoms with Crippen LogP contribution < -0.4 is 4.74 Å². The molecule has 3 heterocycles. The largest absolute Gasteiger partial charge is 0.466 e. The van der Waals surface area contributed by atoms with Crippen LogP contribution in [0.15, 0.2) is 46.9 Å². The van der Waals surface area contributed by atoms with Gasteiger partial charge in [0, 0.05) is 24.8 Å². The Kier molecular flexibility index (Phi) is 3.02. The molecule has 23 heavy (non-hydrogen) atoms. The molecule has 3 nitrogen and oxygen atoms in total. The van der Waals surface area contributed by atoms with Gasteiger partial charge in [-0.1, -0.05) is 30.7 Å². The molecular weight excluding hydrogens is 304 g/mol. The van der Waals surface area contributed by atoms with Gasteiger partial charge in [0.25, 0.3) is 0 Å². The fourth-order valence-corrected chi connectivity index (χ4v) is 4.98. The summed E-state index contributed by atoms with van der Waals surface area (Å²) < 4.78 is 6.56. The van der Waals surface area contributed by atoms with E-state index < -0.39 is 0 Å². The van der Waals surface area contributed by atoms with Crippen molar-refractivity contribution in [3.63, 3.8) is 0 Å². The second-order valence-electron chi connectivity index (χ2n) is 6.74. The van der Waals surface area contributed by atoms with E-state index in [9.17, 15) is 0 Å². The highest BCUT2D eigenvalue weighted by atomic mass is 32.1. The van der Waals surface area contributed by atoms with Crippen molar-refractivity contribution in [2.24, 2.45) is 5.10 Å². The summed E-state index contributed by atoms with van der Waals surface area (Å²) in [6, 6.07) is 13.2. The third kappa shape index (κ3) is 2.04. The number of fused-ring (bicyclic) bond motifs is 4. The molecule has 2 aliphatic heterocycles. The maximum absolute atomic E-state index is 6.56. The summed E-state index contributed by atoms with van der Waals surface area (Å²) >= 11 is 1.78. The lowest BCUT2D eigenvalue weighted by molar-refractivity contribution is -0.140. The van der Waals surface area contributed by atoms with Gasteiger partial charge in [-0.2, -0.15) is 5.10 Å². The number of rotatable bonds is 1. The molecule has 1 aromatic carbocycles. The fraction of sp³-hybridized carbons (Fsp3) is 0.421. The minimum atomic E-state index is -0.226. The molecule has 0 saturated heterocycles. The molecule has 1 fully saturated rings. The van der Waals surface area contributed by atoms with E-state index in [0.717, 1.165) is 25.0 Å². The number of hydrogen-bond acceptors (Lipinski definition) is 4. The first-order valence-electron chi connectivity index (χ1n) is 8.54. The number of nitrogens with zero attached hydrogens (tertiary/aromatic N) is 2. The van der Waals surface area contributed by atoms with Crippen molar-refractivity contribution in [1.29, 1.82) is 0 Å². The highest BCUT2D eigenvalue weighted by Crippen LogP contribution is 2.51.